The van der Waals surface area contributed by atoms with Gasteiger partial charge >= 0.3 is 0 Å². The molecule has 0 radical (unpaired) electrons. The maximum absolute atomic E-state index is 9.27. The minimum atomic E-state index is -0.701. The van der Waals surface area contributed by atoms with Crippen LogP contribution in [0.1, 0.15) is 20.3 Å². The van der Waals surface area contributed by atoms with Gasteiger partial charge in [-0.25, -0.2) is 0 Å². The Bertz CT molecular complexity index is 177. The van der Waals surface area contributed by atoms with Crippen LogP contribution < -0.4 is 0 Å². The summed E-state index contributed by atoms with van der Waals surface area (Å²) in [5.74, 6) is 0.500. The Hall–Kier alpha value is -0.630. The van der Waals surface area contributed by atoms with Crippen LogP contribution in [-0.2, 0) is 0 Å². The minimum absolute atomic E-state index is 0.221. The SMILES string of the molecule is CC(C)CN(CCC#N)CC(O)CO. The molecule has 0 bridgehead atoms. The minimum Gasteiger partial charge on any atom is -0.394 e. The monoisotopic (exact) mass is 200 g/mol. The van der Waals surface area contributed by atoms with Crippen molar-refractivity contribution in [1.82, 2.24) is 4.90 Å². The molecule has 82 valence electrons. The third kappa shape index (κ3) is 6.84. The second-order valence-corrected chi connectivity index (χ2v) is 3.90. The predicted octanol–water partition coefficient (Wildman–Crippen LogP) is 0.211. The molecular weight excluding hydrogens is 180 g/mol. The zero-order valence-electron chi connectivity index (χ0n) is 8.98. The van der Waals surface area contributed by atoms with Gasteiger partial charge in [0.05, 0.1) is 18.8 Å². The molecule has 1 atom stereocenters. The fourth-order valence-corrected chi connectivity index (χ4v) is 1.34. The van der Waals surface area contributed by atoms with E-state index < -0.39 is 6.10 Å². The maximum atomic E-state index is 9.27. The van der Waals surface area contributed by atoms with Gasteiger partial charge in [0.1, 0.15) is 0 Å². The summed E-state index contributed by atoms with van der Waals surface area (Å²) in [5.41, 5.74) is 0. The van der Waals surface area contributed by atoms with E-state index in [1.54, 1.807) is 0 Å². The average molecular weight is 200 g/mol. The topological polar surface area (TPSA) is 67.5 Å². The summed E-state index contributed by atoms with van der Waals surface area (Å²) in [5, 5.41) is 26.4. The fourth-order valence-electron chi connectivity index (χ4n) is 1.34. The van der Waals surface area contributed by atoms with E-state index >= 15 is 0 Å². The summed E-state index contributed by atoms with van der Waals surface area (Å²) in [6.45, 7) is 5.90. The van der Waals surface area contributed by atoms with Crippen molar-refractivity contribution in [1.29, 1.82) is 5.26 Å². The van der Waals surface area contributed by atoms with E-state index in [0.29, 0.717) is 25.4 Å². The van der Waals surface area contributed by atoms with Crippen molar-refractivity contribution in [3.8, 4) is 6.07 Å². The van der Waals surface area contributed by atoms with Gasteiger partial charge in [-0.2, -0.15) is 5.26 Å². The van der Waals surface area contributed by atoms with Crippen molar-refractivity contribution in [3.05, 3.63) is 0 Å². The van der Waals surface area contributed by atoms with Gasteiger partial charge in [-0.3, -0.25) is 4.90 Å². The molecule has 0 rings (SSSR count). The van der Waals surface area contributed by atoms with Crippen LogP contribution in [-0.4, -0.2) is 47.5 Å². The Morgan fingerprint density at radius 3 is 2.43 bits per heavy atom. The van der Waals surface area contributed by atoms with Crippen LogP contribution in [0.15, 0.2) is 0 Å². The number of nitriles is 1. The Balaban J connectivity index is 3.91. The molecule has 4 heteroatoms. The molecule has 0 aliphatic carbocycles. The van der Waals surface area contributed by atoms with E-state index in [0.717, 1.165) is 6.54 Å². The highest BCUT2D eigenvalue weighted by molar-refractivity contribution is 4.74. The molecule has 0 heterocycles. The molecule has 0 saturated heterocycles. The van der Waals surface area contributed by atoms with Crippen molar-refractivity contribution in [2.45, 2.75) is 26.4 Å². The van der Waals surface area contributed by atoms with Gasteiger partial charge in [-0.1, -0.05) is 13.8 Å². The second kappa shape index (κ2) is 7.74. The molecule has 14 heavy (non-hydrogen) atoms. The standard InChI is InChI=1S/C10H20N2O2/c1-9(2)6-12(5-3-4-11)7-10(14)8-13/h9-10,13-14H,3,5-8H2,1-2H3. The van der Waals surface area contributed by atoms with Crippen molar-refractivity contribution in [2.24, 2.45) is 5.92 Å². The van der Waals surface area contributed by atoms with Crippen molar-refractivity contribution in [3.63, 3.8) is 0 Å². The number of hydrogen-bond donors (Lipinski definition) is 2. The molecule has 0 fully saturated rings. The summed E-state index contributed by atoms with van der Waals surface area (Å²) in [6.07, 6.45) is -0.238. The number of hydrogen-bond acceptors (Lipinski definition) is 4. The third-order valence-corrected chi connectivity index (χ3v) is 1.84. The first-order valence-electron chi connectivity index (χ1n) is 4.98. The Labute approximate surface area is 85.8 Å². The lowest BCUT2D eigenvalue weighted by Crippen LogP contribution is -2.37. The zero-order valence-corrected chi connectivity index (χ0v) is 8.98. The lowest BCUT2D eigenvalue weighted by molar-refractivity contribution is 0.0563. The van der Waals surface area contributed by atoms with E-state index in [2.05, 4.69) is 19.9 Å². The van der Waals surface area contributed by atoms with Crippen LogP contribution in [0.4, 0.5) is 0 Å². The number of aliphatic hydroxyl groups excluding tert-OH is 2. The highest BCUT2D eigenvalue weighted by Gasteiger charge is 2.11. The molecule has 0 aromatic rings. The Kier molecular flexibility index (Phi) is 7.40. The van der Waals surface area contributed by atoms with Gasteiger partial charge in [-0.05, 0) is 5.92 Å². The Morgan fingerprint density at radius 1 is 1.36 bits per heavy atom. The zero-order chi connectivity index (χ0) is 11.0. The highest BCUT2D eigenvalue weighted by atomic mass is 16.3. The fraction of sp³-hybridized carbons (Fsp3) is 0.900. The van der Waals surface area contributed by atoms with Crippen LogP contribution in [0.2, 0.25) is 0 Å². The van der Waals surface area contributed by atoms with Gasteiger partial charge in [0.15, 0.2) is 0 Å². The summed E-state index contributed by atoms with van der Waals surface area (Å²) in [6, 6.07) is 2.08. The first-order chi connectivity index (χ1) is 6.60. The van der Waals surface area contributed by atoms with Gasteiger partial charge in [0.2, 0.25) is 0 Å². The smallest absolute Gasteiger partial charge is 0.0897 e. The number of aliphatic hydroxyl groups is 2. The van der Waals surface area contributed by atoms with E-state index in [-0.39, 0.29) is 6.61 Å². The van der Waals surface area contributed by atoms with Crippen molar-refractivity contribution in [2.75, 3.05) is 26.2 Å². The van der Waals surface area contributed by atoms with Gasteiger partial charge in [0, 0.05) is 26.1 Å². The molecule has 0 saturated carbocycles. The molecule has 2 N–H and O–H groups in total. The molecule has 0 amide bonds. The lowest BCUT2D eigenvalue weighted by atomic mass is 10.2. The van der Waals surface area contributed by atoms with Crippen LogP contribution in [0.5, 0.6) is 0 Å². The van der Waals surface area contributed by atoms with Gasteiger partial charge < -0.3 is 10.2 Å². The number of rotatable bonds is 7. The average Bonchev–Trinajstić information content (AvgIpc) is 2.13. The molecule has 1 unspecified atom stereocenters. The van der Waals surface area contributed by atoms with E-state index in [4.69, 9.17) is 10.4 Å². The van der Waals surface area contributed by atoms with Gasteiger partial charge in [0.25, 0.3) is 0 Å². The lowest BCUT2D eigenvalue weighted by Gasteiger charge is -2.24. The van der Waals surface area contributed by atoms with Crippen LogP contribution >= 0.6 is 0 Å². The largest absolute Gasteiger partial charge is 0.394 e. The molecular formula is C10H20N2O2. The maximum Gasteiger partial charge on any atom is 0.0897 e. The molecule has 0 spiro atoms. The van der Waals surface area contributed by atoms with Crippen molar-refractivity contribution >= 4 is 0 Å². The third-order valence-electron chi connectivity index (χ3n) is 1.84. The van der Waals surface area contributed by atoms with E-state index in [1.807, 2.05) is 4.90 Å². The van der Waals surface area contributed by atoms with Crippen LogP contribution in [0.25, 0.3) is 0 Å². The van der Waals surface area contributed by atoms with Crippen LogP contribution in [0, 0.1) is 17.2 Å². The van der Waals surface area contributed by atoms with Crippen molar-refractivity contribution < 1.29 is 10.2 Å². The van der Waals surface area contributed by atoms with E-state index in [1.165, 1.54) is 0 Å². The highest BCUT2D eigenvalue weighted by Crippen LogP contribution is 2.01. The molecule has 0 aromatic heterocycles. The predicted molar refractivity (Wildman–Crippen MR) is 54.6 cm³/mol. The quantitative estimate of drug-likeness (QED) is 0.616. The Morgan fingerprint density at radius 2 is 2.00 bits per heavy atom. The summed E-state index contributed by atoms with van der Waals surface area (Å²) in [4.78, 5) is 2.01. The first-order valence-corrected chi connectivity index (χ1v) is 4.98. The van der Waals surface area contributed by atoms with E-state index in [9.17, 15) is 5.11 Å². The molecule has 0 aromatic carbocycles. The normalized spacial score (nSPS) is 13.2. The number of nitrogens with zero attached hydrogens (tertiary/aromatic N) is 2. The molecule has 0 aliphatic heterocycles. The summed E-state index contributed by atoms with van der Waals surface area (Å²) in [7, 11) is 0. The second-order valence-electron chi connectivity index (χ2n) is 3.90. The summed E-state index contributed by atoms with van der Waals surface area (Å²) >= 11 is 0. The van der Waals surface area contributed by atoms with Crippen LogP contribution in [0.3, 0.4) is 0 Å². The molecule has 4 nitrogen and oxygen atoms in total. The summed E-state index contributed by atoms with van der Waals surface area (Å²) < 4.78 is 0. The first kappa shape index (κ1) is 13.4. The van der Waals surface area contributed by atoms with Gasteiger partial charge in [-0.15, -0.1) is 0 Å². The molecule has 0 aliphatic rings.